The fourth-order valence-corrected chi connectivity index (χ4v) is 2.73. The third-order valence-electron chi connectivity index (χ3n) is 3.64. The number of aryl methyl sites for hydroxylation is 1. The number of aliphatic carboxylic acids is 2. The number of thioether (sulfide) groups is 1. The highest BCUT2D eigenvalue weighted by Gasteiger charge is 2.29. The number of hydrogen-bond acceptors (Lipinski definition) is 8. The molecule has 9 nitrogen and oxygen atoms in total. The lowest BCUT2D eigenvalue weighted by Gasteiger charge is -2.11. The maximum Gasteiger partial charge on any atom is 0.335 e. The number of aromatic nitrogens is 1. The minimum absolute atomic E-state index is 0.764. The van der Waals surface area contributed by atoms with Crippen molar-refractivity contribution in [1.29, 1.82) is 0 Å². The number of carbonyl (C=O) groups is 2. The highest BCUT2D eigenvalue weighted by molar-refractivity contribution is 7.98. The summed E-state index contributed by atoms with van der Waals surface area (Å²) in [4.78, 5) is 24.9. The van der Waals surface area contributed by atoms with E-state index in [0.717, 1.165) is 23.6 Å². The number of rotatable bonds is 8. The molecule has 0 radical (unpaired) electrons. The Morgan fingerprint density at radius 3 is 2.28 bits per heavy atom. The molecule has 29 heavy (non-hydrogen) atoms. The second-order valence-corrected chi connectivity index (χ2v) is 6.66. The van der Waals surface area contributed by atoms with E-state index in [1.165, 1.54) is 10.5 Å². The van der Waals surface area contributed by atoms with Gasteiger partial charge in [0, 0.05) is 23.2 Å². The first-order valence-electron chi connectivity index (χ1n) is 8.43. The molecule has 0 aliphatic carbocycles. The van der Waals surface area contributed by atoms with Crippen molar-refractivity contribution in [2.75, 3.05) is 13.3 Å². The average Bonchev–Trinajstić information content (AvgIpc) is 2.69. The van der Waals surface area contributed by atoms with E-state index in [0.29, 0.717) is 0 Å². The number of nitrogens with zero attached hydrogens (tertiary/aromatic N) is 1. The molecule has 0 spiro atoms. The molecular weight excluding hydrogens is 400 g/mol. The summed E-state index contributed by atoms with van der Waals surface area (Å²) in [5, 5.41) is 35.7. The second kappa shape index (κ2) is 12.0. The fourth-order valence-electron chi connectivity index (χ4n) is 2.15. The van der Waals surface area contributed by atoms with Gasteiger partial charge in [-0.1, -0.05) is 0 Å². The molecule has 2 atom stereocenters. The van der Waals surface area contributed by atoms with Crippen molar-refractivity contribution in [3.8, 4) is 11.5 Å². The van der Waals surface area contributed by atoms with E-state index in [4.69, 9.17) is 25.2 Å². The number of nitrogens with one attached hydrogen (secondary N) is 1. The van der Waals surface area contributed by atoms with Crippen molar-refractivity contribution >= 4 is 23.7 Å². The van der Waals surface area contributed by atoms with Crippen molar-refractivity contribution in [2.24, 2.45) is 0 Å². The van der Waals surface area contributed by atoms with Crippen LogP contribution in [0.1, 0.15) is 11.1 Å². The zero-order chi connectivity index (χ0) is 22.0. The van der Waals surface area contributed by atoms with Crippen LogP contribution in [0.3, 0.4) is 0 Å². The summed E-state index contributed by atoms with van der Waals surface area (Å²) in [6.45, 7) is 2.86. The van der Waals surface area contributed by atoms with Crippen LogP contribution in [-0.2, 0) is 16.1 Å². The van der Waals surface area contributed by atoms with Gasteiger partial charge < -0.3 is 30.5 Å². The van der Waals surface area contributed by atoms with Crippen LogP contribution >= 0.6 is 11.8 Å². The van der Waals surface area contributed by atoms with Gasteiger partial charge >= 0.3 is 11.9 Å². The van der Waals surface area contributed by atoms with Crippen LogP contribution in [0, 0.1) is 6.92 Å². The smallest absolute Gasteiger partial charge is 0.335 e. The molecule has 10 heteroatoms. The van der Waals surface area contributed by atoms with Crippen molar-refractivity contribution in [3.05, 3.63) is 47.8 Å². The monoisotopic (exact) mass is 424 g/mol. The topological polar surface area (TPSA) is 149 Å². The maximum atomic E-state index is 9.77. The van der Waals surface area contributed by atoms with Gasteiger partial charge in [0.25, 0.3) is 0 Å². The summed E-state index contributed by atoms with van der Waals surface area (Å²) < 4.78 is 5.93. The van der Waals surface area contributed by atoms with Crippen molar-refractivity contribution in [1.82, 2.24) is 10.3 Å². The number of ether oxygens (including phenoxy) is 1. The SMILES string of the molecule is CNCc1ccncc1Oc1ccc(SC)c(C)c1.O=C(O)C(O)C(O)C(=O)O. The second-order valence-electron chi connectivity index (χ2n) is 5.81. The largest absolute Gasteiger partial charge is 0.479 e. The number of hydrogen-bond donors (Lipinski definition) is 5. The molecule has 0 aliphatic rings. The van der Waals surface area contributed by atoms with E-state index >= 15 is 0 Å². The normalized spacial score (nSPS) is 12.3. The van der Waals surface area contributed by atoms with Gasteiger partial charge in [-0.3, -0.25) is 4.98 Å². The summed E-state index contributed by atoms with van der Waals surface area (Å²) in [5.41, 5.74) is 2.33. The predicted octanol–water partition coefficient (Wildman–Crippen LogP) is 1.50. The molecule has 0 fully saturated rings. The van der Waals surface area contributed by atoms with Crippen LogP contribution in [0.5, 0.6) is 11.5 Å². The van der Waals surface area contributed by atoms with Crippen LogP contribution in [-0.4, -0.2) is 62.9 Å². The molecule has 1 aromatic carbocycles. The van der Waals surface area contributed by atoms with Crippen molar-refractivity contribution in [3.63, 3.8) is 0 Å². The number of benzene rings is 1. The first-order chi connectivity index (χ1) is 13.7. The zero-order valence-corrected chi connectivity index (χ0v) is 17.0. The number of aliphatic hydroxyl groups is 2. The highest BCUT2D eigenvalue weighted by Crippen LogP contribution is 2.28. The lowest BCUT2D eigenvalue weighted by Crippen LogP contribution is -2.39. The van der Waals surface area contributed by atoms with E-state index in [2.05, 4.69) is 35.6 Å². The third kappa shape index (κ3) is 7.70. The summed E-state index contributed by atoms with van der Waals surface area (Å²) >= 11 is 1.74. The van der Waals surface area contributed by atoms with Crippen molar-refractivity contribution < 1.29 is 34.8 Å². The quantitative estimate of drug-likeness (QED) is 0.395. The number of pyridine rings is 1. The molecule has 2 aromatic rings. The Morgan fingerprint density at radius 2 is 1.79 bits per heavy atom. The summed E-state index contributed by atoms with van der Waals surface area (Å²) in [5.74, 6) is -1.89. The molecule has 1 aromatic heterocycles. The third-order valence-corrected chi connectivity index (χ3v) is 4.53. The minimum atomic E-state index is -2.27. The van der Waals surface area contributed by atoms with Gasteiger partial charge in [0.05, 0.1) is 6.20 Å². The van der Waals surface area contributed by atoms with Gasteiger partial charge in [0.2, 0.25) is 0 Å². The number of carboxylic acid groups (broad SMARTS) is 2. The summed E-state index contributed by atoms with van der Waals surface area (Å²) in [6.07, 6.45) is 1.08. The van der Waals surface area contributed by atoms with Crippen LogP contribution in [0.4, 0.5) is 0 Å². The molecule has 0 amide bonds. The van der Waals surface area contributed by atoms with E-state index in [9.17, 15) is 9.59 Å². The van der Waals surface area contributed by atoms with Crippen molar-refractivity contribution in [2.45, 2.75) is 30.6 Å². The van der Waals surface area contributed by atoms with E-state index in [1.807, 2.05) is 19.2 Å². The van der Waals surface area contributed by atoms with E-state index in [1.54, 1.807) is 24.2 Å². The molecule has 0 aliphatic heterocycles. The zero-order valence-electron chi connectivity index (χ0n) is 16.2. The Hall–Kier alpha value is -2.66. The lowest BCUT2D eigenvalue weighted by atomic mass is 10.2. The maximum absolute atomic E-state index is 9.77. The van der Waals surface area contributed by atoms with Gasteiger partial charge in [-0.2, -0.15) is 0 Å². The predicted molar refractivity (Wildman–Crippen MR) is 107 cm³/mol. The summed E-state index contributed by atoms with van der Waals surface area (Å²) in [6, 6.07) is 8.11. The van der Waals surface area contributed by atoms with Crippen LogP contribution in [0.25, 0.3) is 0 Å². The van der Waals surface area contributed by atoms with Crippen LogP contribution in [0.2, 0.25) is 0 Å². The van der Waals surface area contributed by atoms with E-state index in [-0.39, 0.29) is 0 Å². The molecule has 2 unspecified atom stereocenters. The first-order valence-corrected chi connectivity index (χ1v) is 9.65. The highest BCUT2D eigenvalue weighted by atomic mass is 32.2. The van der Waals surface area contributed by atoms with Crippen LogP contribution in [0.15, 0.2) is 41.6 Å². The number of carboxylic acids is 2. The average molecular weight is 424 g/mol. The van der Waals surface area contributed by atoms with E-state index < -0.39 is 24.1 Å². The van der Waals surface area contributed by atoms with Gasteiger partial charge in [-0.25, -0.2) is 9.59 Å². The Bertz CT molecular complexity index is 814. The lowest BCUT2D eigenvalue weighted by molar-refractivity contribution is -0.165. The molecule has 0 saturated carbocycles. The number of aliphatic hydroxyl groups excluding tert-OH is 2. The Morgan fingerprint density at radius 1 is 1.17 bits per heavy atom. The summed E-state index contributed by atoms with van der Waals surface area (Å²) in [7, 11) is 1.92. The fraction of sp³-hybridized carbons (Fsp3) is 0.316. The van der Waals surface area contributed by atoms with Gasteiger partial charge in [0.1, 0.15) is 11.5 Å². The minimum Gasteiger partial charge on any atom is -0.479 e. The Labute approximate surface area is 172 Å². The molecule has 5 N–H and O–H groups in total. The Balaban J connectivity index is 0.000000359. The molecule has 0 bridgehead atoms. The van der Waals surface area contributed by atoms with Gasteiger partial charge in [-0.15, -0.1) is 11.8 Å². The first kappa shape index (κ1) is 24.4. The molecule has 158 valence electrons. The molecule has 2 rings (SSSR count). The Kier molecular flexibility index (Phi) is 10.1. The van der Waals surface area contributed by atoms with Gasteiger partial charge in [-0.05, 0) is 50.1 Å². The molecular formula is C19H24N2O7S. The van der Waals surface area contributed by atoms with Gasteiger partial charge in [0.15, 0.2) is 12.2 Å². The molecule has 1 heterocycles. The standard InChI is InChI=1S/C15H18N2OS.C4H6O6/c1-11-8-13(4-5-15(11)19-3)18-14-10-17-7-6-12(14)9-16-2;5-1(3(7)8)2(6)4(9)10/h4-8,10,16H,9H2,1-3H3;1-2,5-6H,(H,7,8)(H,9,10). The van der Waals surface area contributed by atoms with Crippen LogP contribution < -0.4 is 10.1 Å². The molecule has 0 saturated heterocycles.